The molecule has 1 aliphatic rings. The van der Waals surface area contributed by atoms with Crippen molar-refractivity contribution < 1.29 is 4.79 Å². The van der Waals surface area contributed by atoms with E-state index in [1.807, 2.05) is 18.7 Å². The van der Waals surface area contributed by atoms with Crippen molar-refractivity contribution in [1.29, 1.82) is 0 Å². The van der Waals surface area contributed by atoms with Crippen LogP contribution >= 0.6 is 23.1 Å². The third-order valence-electron chi connectivity index (χ3n) is 5.60. The van der Waals surface area contributed by atoms with Gasteiger partial charge in [0.05, 0.1) is 16.0 Å². The van der Waals surface area contributed by atoms with Crippen LogP contribution in [-0.2, 0) is 5.75 Å². The van der Waals surface area contributed by atoms with Gasteiger partial charge in [-0.2, -0.15) is 0 Å². The largest absolute Gasteiger partial charge is 0.338 e. The lowest BCUT2D eigenvalue weighted by Crippen LogP contribution is -2.32. The fourth-order valence-electron chi connectivity index (χ4n) is 3.58. The Hall–Kier alpha value is -2.12. The highest BCUT2D eigenvalue weighted by atomic mass is 32.2. The van der Waals surface area contributed by atoms with Crippen molar-refractivity contribution in [2.75, 3.05) is 13.1 Å². The number of amides is 1. The molecule has 1 fully saturated rings. The lowest BCUT2D eigenvalue weighted by Gasteiger charge is -2.20. The van der Waals surface area contributed by atoms with E-state index in [9.17, 15) is 9.59 Å². The maximum Gasteiger partial charge on any atom is 0.264 e. The Kier molecular flexibility index (Phi) is 6.02. The predicted molar refractivity (Wildman–Crippen MR) is 125 cm³/mol. The average Bonchev–Trinajstić information content (AvgIpc) is 3.47. The van der Waals surface area contributed by atoms with Gasteiger partial charge in [-0.25, -0.2) is 4.98 Å². The fourth-order valence-corrected chi connectivity index (χ4v) is 5.74. The van der Waals surface area contributed by atoms with Crippen LogP contribution in [0.2, 0.25) is 0 Å². The third kappa shape index (κ3) is 4.32. The summed E-state index contributed by atoms with van der Waals surface area (Å²) in [5, 5.41) is 0.548. The number of thiophene rings is 1. The summed E-state index contributed by atoms with van der Waals surface area (Å²) >= 11 is 3.02. The number of thioether (sulfide) groups is 1. The number of rotatable bonds is 7. The first-order valence-corrected chi connectivity index (χ1v) is 12.2. The van der Waals surface area contributed by atoms with Crippen LogP contribution < -0.4 is 5.56 Å². The van der Waals surface area contributed by atoms with Crippen LogP contribution in [0.5, 0.6) is 0 Å². The standard InChI is InChI=1S/C23H27N3O2S2/c1-5-26(11-16-8-9-16)23(28)20-15(4)19-21(27)24-18(25-22(19)30-20)12-29-17-10-13(2)6-7-14(17)3/h6-7,10,16H,5,8-9,11-12H2,1-4H3,(H,24,25,27). The molecule has 30 heavy (non-hydrogen) atoms. The van der Waals surface area contributed by atoms with E-state index in [0.29, 0.717) is 39.1 Å². The van der Waals surface area contributed by atoms with Crippen LogP contribution in [0.3, 0.4) is 0 Å². The maximum atomic E-state index is 13.1. The minimum Gasteiger partial charge on any atom is -0.338 e. The summed E-state index contributed by atoms with van der Waals surface area (Å²) in [6.45, 7) is 9.53. The SMILES string of the molecule is CCN(CC1CC1)C(=O)c1sc2nc(CSc3cc(C)ccc3C)[nH]c(=O)c2c1C. The van der Waals surface area contributed by atoms with Crippen molar-refractivity contribution in [2.24, 2.45) is 5.92 Å². The third-order valence-corrected chi connectivity index (χ3v) is 7.94. The molecule has 0 aliphatic heterocycles. The fraction of sp³-hybridized carbons (Fsp3) is 0.435. The van der Waals surface area contributed by atoms with Crippen molar-refractivity contribution in [3.8, 4) is 0 Å². The molecule has 0 saturated heterocycles. The molecule has 2 heterocycles. The van der Waals surface area contributed by atoms with Crippen LogP contribution in [0.4, 0.5) is 0 Å². The second-order valence-corrected chi connectivity index (χ2v) is 10.1. The maximum absolute atomic E-state index is 13.1. The van der Waals surface area contributed by atoms with Crippen LogP contribution in [-0.4, -0.2) is 33.9 Å². The molecule has 158 valence electrons. The molecule has 1 aliphatic carbocycles. The molecule has 7 heteroatoms. The van der Waals surface area contributed by atoms with Gasteiger partial charge in [-0.3, -0.25) is 9.59 Å². The number of hydrogen-bond acceptors (Lipinski definition) is 5. The van der Waals surface area contributed by atoms with E-state index in [2.05, 4.69) is 37.0 Å². The van der Waals surface area contributed by atoms with Crippen molar-refractivity contribution in [3.05, 3.63) is 55.9 Å². The van der Waals surface area contributed by atoms with E-state index in [4.69, 9.17) is 4.98 Å². The van der Waals surface area contributed by atoms with Gasteiger partial charge < -0.3 is 9.88 Å². The number of carbonyl (C=O) groups is 1. The lowest BCUT2D eigenvalue weighted by molar-refractivity contribution is 0.0761. The zero-order chi connectivity index (χ0) is 21.4. The van der Waals surface area contributed by atoms with Gasteiger partial charge in [-0.05, 0) is 63.6 Å². The number of aromatic amines is 1. The molecule has 1 saturated carbocycles. The normalized spacial score (nSPS) is 13.7. The average molecular weight is 442 g/mol. The highest BCUT2D eigenvalue weighted by Gasteiger charge is 2.28. The molecule has 0 atom stereocenters. The number of fused-ring (bicyclic) bond motifs is 1. The van der Waals surface area contributed by atoms with Crippen LogP contribution in [0.25, 0.3) is 10.2 Å². The van der Waals surface area contributed by atoms with Gasteiger partial charge in [0, 0.05) is 18.0 Å². The van der Waals surface area contributed by atoms with Gasteiger partial charge in [0.2, 0.25) is 0 Å². The topological polar surface area (TPSA) is 66.1 Å². The van der Waals surface area contributed by atoms with Crippen LogP contribution in [0.1, 0.15) is 52.0 Å². The van der Waals surface area contributed by atoms with Gasteiger partial charge in [-0.15, -0.1) is 23.1 Å². The van der Waals surface area contributed by atoms with Crippen LogP contribution in [0, 0.1) is 26.7 Å². The lowest BCUT2D eigenvalue weighted by atomic mass is 10.2. The van der Waals surface area contributed by atoms with Crippen molar-refractivity contribution >= 4 is 39.2 Å². The summed E-state index contributed by atoms with van der Waals surface area (Å²) in [5.41, 5.74) is 3.01. The van der Waals surface area contributed by atoms with Gasteiger partial charge >= 0.3 is 0 Å². The number of H-pyrrole nitrogens is 1. The van der Waals surface area contributed by atoms with E-state index in [-0.39, 0.29) is 11.5 Å². The molecule has 0 spiro atoms. The van der Waals surface area contributed by atoms with E-state index >= 15 is 0 Å². The quantitative estimate of drug-likeness (QED) is 0.520. The number of nitrogens with zero attached hydrogens (tertiary/aromatic N) is 2. The first kappa shape index (κ1) is 21.1. The molecular weight excluding hydrogens is 414 g/mol. The monoisotopic (exact) mass is 441 g/mol. The second-order valence-electron chi connectivity index (χ2n) is 8.09. The summed E-state index contributed by atoms with van der Waals surface area (Å²) in [7, 11) is 0. The summed E-state index contributed by atoms with van der Waals surface area (Å²) in [5.74, 6) is 1.89. The van der Waals surface area contributed by atoms with E-state index in [1.54, 1.807) is 11.8 Å². The van der Waals surface area contributed by atoms with Crippen LogP contribution in [0.15, 0.2) is 27.9 Å². The Morgan fingerprint density at radius 3 is 2.77 bits per heavy atom. The number of carbonyl (C=O) groups excluding carboxylic acids is 1. The summed E-state index contributed by atoms with van der Waals surface area (Å²) < 4.78 is 0. The molecule has 4 rings (SSSR count). The Bertz CT molecular complexity index is 1160. The molecular formula is C23H27N3O2S2. The molecule has 0 bridgehead atoms. The minimum absolute atomic E-state index is 0.0237. The second kappa shape index (κ2) is 8.55. The number of benzene rings is 1. The van der Waals surface area contributed by atoms with Crippen molar-refractivity contribution in [1.82, 2.24) is 14.9 Å². The van der Waals surface area contributed by atoms with Gasteiger partial charge in [0.1, 0.15) is 10.7 Å². The molecule has 2 aromatic heterocycles. The number of hydrogen-bond donors (Lipinski definition) is 1. The molecule has 1 amide bonds. The molecule has 0 unspecified atom stereocenters. The Balaban J connectivity index is 1.61. The zero-order valence-corrected chi connectivity index (χ0v) is 19.5. The van der Waals surface area contributed by atoms with E-state index in [0.717, 1.165) is 12.1 Å². The minimum atomic E-state index is -0.158. The molecule has 3 aromatic rings. The molecule has 0 radical (unpaired) electrons. The Labute approximate surface area is 184 Å². The van der Waals surface area contributed by atoms with Crippen molar-refractivity contribution in [2.45, 2.75) is 51.2 Å². The predicted octanol–water partition coefficient (Wildman–Crippen LogP) is 5.07. The highest BCUT2D eigenvalue weighted by molar-refractivity contribution is 7.98. The zero-order valence-electron chi connectivity index (χ0n) is 17.9. The van der Waals surface area contributed by atoms with E-state index in [1.165, 1.54) is 40.2 Å². The number of aromatic nitrogens is 2. The first-order chi connectivity index (χ1) is 14.4. The molecule has 1 aromatic carbocycles. The smallest absolute Gasteiger partial charge is 0.264 e. The highest BCUT2D eigenvalue weighted by Crippen LogP contribution is 2.33. The number of aryl methyl sites for hydroxylation is 3. The molecule has 1 N–H and O–H groups in total. The van der Waals surface area contributed by atoms with E-state index < -0.39 is 0 Å². The first-order valence-electron chi connectivity index (χ1n) is 10.4. The molecule has 5 nitrogen and oxygen atoms in total. The van der Waals surface area contributed by atoms with Gasteiger partial charge in [0.15, 0.2) is 0 Å². The Morgan fingerprint density at radius 2 is 2.07 bits per heavy atom. The Morgan fingerprint density at radius 1 is 1.30 bits per heavy atom. The number of nitrogens with one attached hydrogen (secondary N) is 1. The van der Waals surface area contributed by atoms with Gasteiger partial charge in [-0.1, -0.05) is 17.7 Å². The van der Waals surface area contributed by atoms with Crippen molar-refractivity contribution in [3.63, 3.8) is 0 Å². The summed E-state index contributed by atoms with van der Waals surface area (Å²) in [6.07, 6.45) is 2.41. The summed E-state index contributed by atoms with van der Waals surface area (Å²) in [4.78, 5) is 37.9. The van der Waals surface area contributed by atoms with Gasteiger partial charge in [0.25, 0.3) is 11.5 Å². The summed E-state index contributed by atoms with van der Waals surface area (Å²) in [6, 6.07) is 6.36.